The minimum atomic E-state index is -0.181. The van der Waals surface area contributed by atoms with Crippen molar-refractivity contribution in [2.24, 2.45) is 0 Å². The molecule has 28 heavy (non-hydrogen) atoms. The number of nitrogens with zero attached hydrogens (tertiary/aromatic N) is 1. The number of amides is 2. The maximum absolute atomic E-state index is 12.9. The first-order chi connectivity index (χ1) is 13.5. The van der Waals surface area contributed by atoms with Crippen molar-refractivity contribution in [1.82, 2.24) is 0 Å². The van der Waals surface area contributed by atoms with Crippen LogP contribution in [0.2, 0.25) is 0 Å². The number of para-hydroxylation sites is 1. The number of fused-ring (bicyclic) bond motifs is 1. The van der Waals surface area contributed by atoms with Crippen LogP contribution in [-0.4, -0.2) is 18.4 Å². The molecular weight excluding hydrogens is 348 g/mol. The Morgan fingerprint density at radius 3 is 2.39 bits per heavy atom. The van der Waals surface area contributed by atoms with Crippen LogP contribution in [0.25, 0.3) is 0 Å². The largest absolute Gasteiger partial charge is 0.322 e. The van der Waals surface area contributed by atoms with Gasteiger partial charge in [0.15, 0.2) is 0 Å². The number of anilines is 2. The zero-order valence-electron chi connectivity index (χ0n) is 16.0. The molecule has 3 aromatic carbocycles. The van der Waals surface area contributed by atoms with Crippen LogP contribution in [0.3, 0.4) is 0 Å². The van der Waals surface area contributed by atoms with Crippen molar-refractivity contribution < 1.29 is 9.59 Å². The smallest absolute Gasteiger partial charge is 0.258 e. The number of rotatable bonds is 3. The molecule has 4 heteroatoms. The van der Waals surface area contributed by atoms with Crippen LogP contribution < -0.4 is 10.2 Å². The van der Waals surface area contributed by atoms with Crippen LogP contribution in [0, 0.1) is 13.8 Å². The predicted molar refractivity (Wildman–Crippen MR) is 112 cm³/mol. The minimum absolute atomic E-state index is 0.0357. The van der Waals surface area contributed by atoms with E-state index in [2.05, 4.69) is 11.4 Å². The summed E-state index contributed by atoms with van der Waals surface area (Å²) in [5.41, 5.74) is 6.19. The Morgan fingerprint density at radius 2 is 1.61 bits per heavy atom. The molecule has 0 radical (unpaired) electrons. The van der Waals surface area contributed by atoms with Gasteiger partial charge in [-0.2, -0.15) is 0 Å². The molecule has 0 spiro atoms. The molecule has 0 saturated heterocycles. The molecule has 0 unspecified atom stereocenters. The summed E-state index contributed by atoms with van der Waals surface area (Å²) in [6.45, 7) is 4.64. The average Bonchev–Trinajstić information content (AvgIpc) is 3.14. The van der Waals surface area contributed by atoms with Crippen molar-refractivity contribution in [3.8, 4) is 0 Å². The second-order valence-corrected chi connectivity index (χ2v) is 7.19. The molecule has 0 aromatic heterocycles. The Morgan fingerprint density at radius 1 is 0.893 bits per heavy atom. The number of hydrogen-bond acceptors (Lipinski definition) is 2. The van der Waals surface area contributed by atoms with Crippen molar-refractivity contribution in [1.29, 1.82) is 0 Å². The third kappa shape index (κ3) is 3.41. The second kappa shape index (κ2) is 7.31. The normalized spacial score (nSPS) is 12.6. The summed E-state index contributed by atoms with van der Waals surface area (Å²) in [4.78, 5) is 27.3. The Bertz CT molecular complexity index is 1050. The Hall–Kier alpha value is -3.40. The summed E-state index contributed by atoms with van der Waals surface area (Å²) in [5.74, 6) is -0.217. The topological polar surface area (TPSA) is 49.4 Å². The summed E-state index contributed by atoms with van der Waals surface area (Å²) in [5, 5.41) is 2.95. The van der Waals surface area contributed by atoms with Gasteiger partial charge in [0.1, 0.15) is 0 Å². The molecule has 1 heterocycles. The molecule has 4 rings (SSSR count). The highest BCUT2D eigenvalue weighted by Gasteiger charge is 2.25. The standard InChI is InChI=1S/C24H22N2O2/c1-16-7-8-17(2)21(15-16)25-23(27)19-9-11-20(12-10-19)24(28)26-14-13-18-5-3-4-6-22(18)26/h3-12,15H,13-14H2,1-2H3,(H,25,27). The summed E-state index contributed by atoms with van der Waals surface area (Å²) in [6, 6.07) is 20.8. The van der Waals surface area contributed by atoms with Crippen LogP contribution >= 0.6 is 0 Å². The number of hydrogen-bond donors (Lipinski definition) is 1. The van der Waals surface area contributed by atoms with Gasteiger partial charge in [-0.15, -0.1) is 0 Å². The molecule has 1 aliphatic rings. The summed E-state index contributed by atoms with van der Waals surface area (Å²) < 4.78 is 0. The first-order valence-corrected chi connectivity index (χ1v) is 9.41. The second-order valence-electron chi connectivity index (χ2n) is 7.19. The zero-order valence-corrected chi connectivity index (χ0v) is 16.0. The van der Waals surface area contributed by atoms with Gasteiger partial charge in [-0.3, -0.25) is 9.59 Å². The monoisotopic (exact) mass is 370 g/mol. The number of carbonyl (C=O) groups excluding carboxylic acids is 2. The van der Waals surface area contributed by atoms with Crippen LogP contribution in [0.15, 0.2) is 66.7 Å². The third-order valence-electron chi connectivity index (χ3n) is 5.17. The van der Waals surface area contributed by atoms with Gasteiger partial charge in [-0.1, -0.05) is 30.3 Å². The van der Waals surface area contributed by atoms with Gasteiger partial charge < -0.3 is 10.2 Å². The highest BCUT2D eigenvalue weighted by Crippen LogP contribution is 2.29. The van der Waals surface area contributed by atoms with E-state index in [1.807, 2.05) is 50.2 Å². The number of carbonyl (C=O) groups is 2. The zero-order chi connectivity index (χ0) is 19.7. The molecule has 3 aromatic rings. The van der Waals surface area contributed by atoms with Crippen molar-refractivity contribution in [3.05, 3.63) is 94.5 Å². The van der Waals surface area contributed by atoms with Gasteiger partial charge in [0.25, 0.3) is 11.8 Å². The van der Waals surface area contributed by atoms with E-state index in [0.29, 0.717) is 17.7 Å². The van der Waals surface area contributed by atoms with Crippen LogP contribution in [-0.2, 0) is 6.42 Å². The maximum atomic E-state index is 12.9. The highest BCUT2D eigenvalue weighted by molar-refractivity contribution is 6.09. The molecular formula is C24H22N2O2. The van der Waals surface area contributed by atoms with E-state index in [1.54, 1.807) is 29.2 Å². The molecule has 4 nitrogen and oxygen atoms in total. The Kier molecular flexibility index (Phi) is 4.70. The lowest BCUT2D eigenvalue weighted by atomic mass is 10.1. The van der Waals surface area contributed by atoms with E-state index in [1.165, 1.54) is 5.56 Å². The van der Waals surface area contributed by atoms with Gasteiger partial charge in [0.05, 0.1) is 0 Å². The van der Waals surface area contributed by atoms with Crippen LogP contribution in [0.5, 0.6) is 0 Å². The predicted octanol–water partition coefficient (Wildman–Crippen LogP) is 4.76. The third-order valence-corrected chi connectivity index (χ3v) is 5.17. The molecule has 1 N–H and O–H groups in total. The fourth-order valence-corrected chi connectivity index (χ4v) is 3.53. The van der Waals surface area contributed by atoms with E-state index in [4.69, 9.17) is 0 Å². The number of benzene rings is 3. The molecule has 140 valence electrons. The molecule has 1 aliphatic heterocycles. The maximum Gasteiger partial charge on any atom is 0.258 e. The van der Waals surface area contributed by atoms with E-state index >= 15 is 0 Å². The molecule has 0 saturated carbocycles. The van der Waals surface area contributed by atoms with Crippen LogP contribution in [0.1, 0.15) is 37.4 Å². The van der Waals surface area contributed by atoms with Gasteiger partial charge in [0, 0.05) is 29.0 Å². The van der Waals surface area contributed by atoms with Gasteiger partial charge in [-0.05, 0) is 73.4 Å². The quantitative estimate of drug-likeness (QED) is 0.723. The van der Waals surface area contributed by atoms with Gasteiger partial charge >= 0.3 is 0 Å². The first kappa shape index (κ1) is 18.0. The van der Waals surface area contributed by atoms with E-state index in [-0.39, 0.29) is 11.8 Å². The van der Waals surface area contributed by atoms with E-state index < -0.39 is 0 Å². The van der Waals surface area contributed by atoms with E-state index in [0.717, 1.165) is 28.9 Å². The lowest BCUT2D eigenvalue weighted by Gasteiger charge is -2.17. The molecule has 0 fully saturated rings. The fourth-order valence-electron chi connectivity index (χ4n) is 3.53. The molecule has 0 aliphatic carbocycles. The summed E-state index contributed by atoms with van der Waals surface area (Å²) in [6.07, 6.45) is 0.873. The number of aryl methyl sites for hydroxylation is 2. The lowest BCUT2D eigenvalue weighted by Crippen LogP contribution is -2.28. The Labute approximate surface area is 164 Å². The van der Waals surface area contributed by atoms with Crippen molar-refractivity contribution in [3.63, 3.8) is 0 Å². The number of nitrogens with one attached hydrogen (secondary N) is 1. The van der Waals surface area contributed by atoms with Crippen molar-refractivity contribution >= 4 is 23.2 Å². The highest BCUT2D eigenvalue weighted by atomic mass is 16.2. The van der Waals surface area contributed by atoms with Crippen LogP contribution in [0.4, 0.5) is 11.4 Å². The fraction of sp³-hybridized carbons (Fsp3) is 0.167. The minimum Gasteiger partial charge on any atom is -0.322 e. The van der Waals surface area contributed by atoms with Gasteiger partial charge in [0.2, 0.25) is 0 Å². The first-order valence-electron chi connectivity index (χ1n) is 9.41. The molecule has 2 amide bonds. The average molecular weight is 370 g/mol. The van der Waals surface area contributed by atoms with Gasteiger partial charge in [-0.25, -0.2) is 0 Å². The lowest BCUT2D eigenvalue weighted by molar-refractivity contribution is 0.0986. The van der Waals surface area contributed by atoms with Crippen molar-refractivity contribution in [2.45, 2.75) is 20.3 Å². The van der Waals surface area contributed by atoms with Crippen molar-refractivity contribution in [2.75, 3.05) is 16.8 Å². The molecule has 0 atom stereocenters. The Balaban J connectivity index is 1.50. The summed E-state index contributed by atoms with van der Waals surface area (Å²) in [7, 11) is 0. The van der Waals surface area contributed by atoms with E-state index in [9.17, 15) is 9.59 Å². The summed E-state index contributed by atoms with van der Waals surface area (Å²) >= 11 is 0. The SMILES string of the molecule is Cc1ccc(C)c(NC(=O)c2ccc(C(=O)N3CCc4ccccc43)cc2)c1. The molecule has 0 bridgehead atoms.